The molecule has 0 radical (unpaired) electrons. The van der Waals surface area contributed by atoms with Gasteiger partial charge in [-0.05, 0) is 36.2 Å². The summed E-state index contributed by atoms with van der Waals surface area (Å²) < 4.78 is 5.63. The number of Topliss-reactive ketones (excluding diaryl/α,β-unsaturated/α-hetero) is 1. The molecule has 0 unspecified atom stereocenters. The number of carboxylic acids is 1. The standard InChI is InChI=1S/C26H29N3O5/c1-5-34-22-12-17-14-29(24(27)19(17)13-20(22)25(33)28-4)15-21(30)16-7-6-8-18(11-16)26(2,3)10-9-23(31)32/h6-13,27H,5,14-15H2,1-4H3,(H,28,33)(H,31,32). The van der Waals surface area contributed by atoms with Gasteiger partial charge in [-0.2, -0.15) is 0 Å². The van der Waals surface area contributed by atoms with Gasteiger partial charge in [-0.25, -0.2) is 4.79 Å². The second-order valence-electron chi connectivity index (χ2n) is 8.62. The molecule has 1 aliphatic rings. The first-order chi connectivity index (χ1) is 16.1. The highest BCUT2D eigenvalue weighted by Gasteiger charge is 2.29. The first-order valence-electron chi connectivity index (χ1n) is 11.0. The molecule has 34 heavy (non-hydrogen) atoms. The van der Waals surface area contributed by atoms with Gasteiger partial charge in [0.1, 0.15) is 11.6 Å². The number of benzene rings is 2. The van der Waals surface area contributed by atoms with E-state index in [-0.39, 0.29) is 24.1 Å². The lowest BCUT2D eigenvalue weighted by Gasteiger charge is -2.22. The van der Waals surface area contributed by atoms with E-state index in [0.29, 0.717) is 35.6 Å². The molecule has 1 heterocycles. The molecule has 178 valence electrons. The van der Waals surface area contributed by atoms with Crippen LogP contribution >= 0.6 is 0 Å². The van der Waals surface area contributed by atoms with Gasteiger partial charge in [0.05, 0.1) is 18.7 Å². The number of fused-ring (bicyclic) bond motifs is 1. The molecular formula is C26H29N3O5. The Morgan fingerprint density at radius 2 is 1.97 bits per heavy atom. The van der Waals surface area contributed by atoms with Crippen molar-refractivity contribution in [3.8, 4) is 5.75 Å². The zero-order chi connectivity index (χ0) is 25.0. The predicted octanol–water partition coefficient (Wildman–Crippen LogP) is 3.39. The Hall–Kier alpha value is -3.94. The molecule has 0 saturated heterocycles. The Kier molecular flexibility index (Phi) is 7.20. The van der Waals surface area contributed by atoms with Crippen molar-refractivity contribution in [2.45, 2.75) is 32.7 Å². The summed E-state index contributed by atoms with van der Waals surface area (Å²) in [5.41, 5.74) is 2.50. The van der Waals surface area contributed by atoms with Crippen LogP contribution in [0.3, 0.4) is 0 Å². The summed E-state index contributed by atoms with van der Waals surface area (Å²) in [6, 6.07) is 10.5. The number of nitrogens with one attached hydrogen (secondary N) is 2. The third-order valence-electron chi connectivity index (χ3n) is 5.82. The molecule has 2 aromatic carbocycles. The Morgan fingerprint density at radius 1 is 1.24 bits per heavy atom. The molecule has 0 aliphatic carbocycles. The van der Waals surface area contributed by atoms with Crippen molar-refractivity contribution >= 4 is 23.5 Å². The summed E-state index contributed by atoms with van der Waals surface area (Å²) in [7, 11) is 1.54. The Labute approximate surface area is 198 Å². The second kappa shape index (κ2) is 9.91. The van der Waals surface area contributed by atoms with Crippen molar-refractivity contribution < 1.29 is 24.2 Å². The summed E-state index contributed by atoms with van der Waals surface area (Å²) in [6.07, 6.45) is 2.69. The van der Waals surface area contributed by atoms with Crippen LogP contribution in [-0.2, 0) is 16.8 Å². The van der Waals surface area contributed by atoms with E-state index in [4.69, 9.17) is 15.3 Å². The molecule has 8 nitrogen and oxygen atoms in total. The summed E-state index contributed by atoms with van der Waals surface area (Å²) in [6.45, 7) is 6.35. The van der Waals surface area contributed by atoms with Gasteiger partial charge in [0, 0.05) is 36.2 Å². The third kappa shape index (κ3) is 5.17. The van der Waals surface area contributed by atoms with E-state index in [0.717, 1.165) is 17.2 Å². The molecule has 1 amide bonds. The summed E-state index contributed by atoms with van der Waals surface area (Å²) >= 11 is 0. The molecule has 0 bridgehead atoms. The maximum atomic E-state index is 13.1. The lowest BCUT2D eigenvalue weighted by molar-refractivity contribution is -0.131. The molecule has 2 aromatic rings. The molecule has 1 aliphatic heterocycles. The largest absolute Gasteiger partial charge is 0.493 e. The van der Waals surface area contributed by atoms with Gasteiger partial charge in [-0.3, -0.25) is 15.0 Å². The molecule has 0 aromatic heterocycles. The Morgan fingerprint density at radius 3 is 2.62 bits per heavy atom. The van der Waals surface area contributed by atoms with Gasteiger partial charge in [0.2, 0.25) is 0 Å². The zero-order valence-electron chi connectivity index (χ0n) is 19.8. The molecule has 8 heteroatoms. The number of aliphatic carboxylic acids is 1. The van der Waals surface area contributed by atoms with Crippen molar-refractivity contribution in [2.75, 3.05) is 20.2 Å². The van der Waals surface area contributed by atoms with Crippen LogP contribution in [0.25, 0.3) is 0 Å². The summed E-state index contributed by atoms with van der Waals surface area (Å²) in [5, 5.41) is 20.1. The number of allylic oxidation sites excluding steroid dienone is 1. The van der Waals surface area contributed by atoms with Crippen LogP contribution in [0.15, 0.2) is 48.6 Å². The van der Waals surface area contributed by atoms with Crippen molar-refractivity contribution in [3.05, 3.63) is 76.4 Å². The van der Waals surface area contributed by atoms with Crippen LogP contribution in [0, 0.1) is 5.41 Å². The Bertz CT molecular complexity index is 1180. The van der Waals surface area contributed by atoms with Crippen LogP contribution in [0.4, 0.5) is 0 Å². The summed E-state index contributed by atoms with van der Waals surface area (Å²) in [5.74, 6) is -0.859. The van der Waals surface area contributed by atoms with Crippen molar-refractivity contribution in [2.24, 2.45) is 0 Å². The van der Waals surface area contributed by atoms with Gasteiger partial charge in [0.25, 0.3) is 5.91 Å². The van der Waals surface area contributed by atoms with Gasteiger partial charge in [-0.15, -0.1) is 0 Å². The minimum Gasteiger partial charge on any atom is -0.493 e. The van der Waals surface area contributed by atoms with Gasteiger partial charge >= 0.3 is 5.97 Å². The fourth-order valence-corrected chi connectivity index (χ4v) is 3.88. The number of amides is 1. The zero-order valence-corrected chi connectivity index (χ0v) is 19.8. The van der Waals surface area contributed by atoms with E-state index in [1.165, 1.54) is 7.05 Å². The van der Waals surface area contributed by atoms with Crippen LogP contribution in [-0.4, -0.2) is 53.7 Å². The number of ether oxygens (including phenoxy) is 1. The molecule has 3 rings (SSSR count). The molecular weight excluding hydrogens is 434 g/mol. The van der Waals surface area contributed by atoms with Crippen LogP contribution < -0.4 is 10.1 Å². The van der Waals surface area contributed by atoms with Crippen LogP contribution in [0.1, 0.15) is 58.2 Å². The number of hydrogen-bond donors (Lipinski definition) is 3. The molecule has 0 atom stereocenters. The van der Waals surface area contributed by atoms with E-state index in [9.17, 15) is 14.4 Å². The maximum absolute atomic E-state index is 13.1. The van der Waals surface area contributed by atoms with Crippen molar-refractivity contribution in [3.63, 3.8) is 0 Å². The average Bonchev–Trinajstić information content (AvgIpc) is 3.11. The minimum atomic E-state index is -1.03. The average molecular weight is 464 g/mol. The number of carbonyl (C=O) groups excluding carboxylic acids is 2. The number of carboxylic acid groups (broad SMARTS) is 1. The monoisotopic (exact) mass is 463 g/mol. The third-order valence-corrected chi connectivity index (χ3v) is 5.82. The van der Waals surface area contributed by atoms with E-state index in [1.54, 1.807) is 41.3 Å². The van der Waals surface area contributed by atoms with E-state index in [1.807, 2.05) is 26.8 Å². The van der Waals surface area contributed by atoms with Crippen LogP contribution in [0.2, 0.25) is 0 Å². The smallest absolute Gasteiger partial charge is 0.328 e. The van der Waals surface area contributed by atoms with E-state index < -0.39 is 11.4 Å². The van der Waals surface area contributed by atoms with Gasteiger partial charge < -0.3 is 20.1 Å². The van der Waals surface area contributed by atoms with Gasteiger partial charge in [0.15, 0.2) is 5.78 Å². The summed E-state index contributed by atoms with van der Waals surface area (Å²) in [4.78, 5) is 38.0. The fourth-order valence-electron chi connectivity index (χ4n) is 3.88. The number of rotatable bonds is 9. The topological polar surface area (TPSA) is 120 Å². The molecule has 0 fully saturated rings. The number of ketones is 1. The highest BCUT2D eigenvalue weighted by atomic mass is 16.5. The first kappa shape index (κ1) is 24.7. The Balaban J connectivity index is 1.82. The first-order valence-corrected chi connectivity index (χ1v) is 11.0. The lowest BCUT2D eigenvalue weighted by Crippen LogP contribution is -2.30. The number of hydrogen-bond acceptors (Lipinski definition) is 5. The van der Waals surface area contributed by atoms with E-state index in [2.05, 4.69) is 5.32 Å². The van der Waals surface area contributed by atoms with Crippen LogP contribution in [0.5, 0.6) is 5.75 Å². The highest BCUT2D eigenvalue weighted by molar-refractivity contribution is 6.07. The van der Waals surface area contributed by atoms with E-state index >= 15 is 0 Å². The number of carbonyl (C=O) groups is 3. The number of amidine groups is 1. The SMILES string of the molecule is CCOc1cc2c(cc1C(=O)NC)C(=N)N(CC(=O)c1cccc(C(C)(C)C=CC(=O)O)c1)C2. The predicted molar refractivity (Wildman–Crippen MR) is 129 cm³/mol. The molecule has 0 spiro atoms. The lowest BCUT2D eigenvalue weighted by atomic mass is 9.83. The molecule has 3 N–H and O–H groups in total. The number of nitrogens with zero attached hydrogens (tertiary/aromatic N) is 1. The second-order valence-corrected chi connectivity index (χ2v) is 8.62. The molecule has 0 saturated carbocycles. The minimum absolute atomic E-state index is 0.00162. The van der Waals surface area contributed by atoms with Crippen molar-refractivity contribution in [1.82, 2.24) is 10.2 Å². The fraction of sp³-hybridized carbons (Fsp3) is 0.308. The normalized spacial score (nSPS) is 13.2. The van der Waals surface area contributed by atoms with Gasteiger partial charge in [-0.1, -0.05) is 38.1 Å². The highest BCUT2D eigenvalue weighted by Crippen LogP contribution is 2.31. The maximum Gasteiger partial charge on any atom is 0.328 e. The van der Waals surface area contributed by atoms with Crippen molar-refractivity contribution in [1.29, 1.82) is 5.41 Å². The quantitative estimate of drug-likeness (QED) is 0.387.